The highest BCUT2D eigenvalue weighted by Gasteiger charge is 2.05. The number of unbranched alkanes of at least 4 members (excludes halogenated alkanes) is 2. The van der Waals surface area contributed by atoms with Gasteiger partial charge in [0.25, 0.3) is 0 Å². The molecule has 22 heavy (non-hydrogen) atoms. The Morgan fingerprint density at radius 3 is 2.73 bits per heavy atom. The molecular formula is C16H20ClFN4. The zero-order valence-electron chi connectivity index (χ0n) is 12.8. The molecule has 0 unspecified atom stereocenters. The molecule has 1 aromatic carbocycles. The summed E-state index contributed by atoms with van der Waals surface area (Å²) in [7, 11) is 0. The fourth-order valence-corrected chi connectivity index (χ4v) is 2.19. The van der Waals surface area contributed by atoms with Crippen LogP contribution in [0.1, 0.15) is 31.9 Å². The second-order valence-corrected chi connectivity index (χ2v) is 5.51. The maximum atomic E-state index is 13.2. The molecule has 2 aromatic rings. The van der Waals surface area contributed by atoms with E-state index in [1.807, 2.05) is 13.0 Å². The summed E-state index contributed by atoms with van der Waals surface area (Å²) in [5, 5.41) is 6.41. The van der Waals surface area contributed by atoms with Crippen molar-refractivity contribution in [2.45, 2.75) is 33.1 Å². The molecule has 1 aromatic heterocycles. The van der Waals surface area contributed by atoms with E-state index in [-0.39, 0.29) is 5.02 Å². The summed E-state index contributed by atoms with van der Waals surface area (Å²) in [6.07, 6.45) is 3.44. The SMILES string of the molecule is CCCCCNc1nc(C)cc(Nc2ccc(F)c(Cl)c2)n1. The standard InChI is InChI=1S/C16H20ClFN4/c1-3-4-5-8-19-16-20-11(2)9-15(22-16)21-12-6-7-14(18)13(17)10-12/h6-7,9-10H,3-5,8H2,1-2H3,(H2,19,20,21,22). The number of anilines is 3. The van der Waals surface area contributed by atoms with Crippen molar-refractivity contribution < 1.29 is 4.39 Å². The van der Waals surface area contributed by atoms with Crippen molar-refractivity contribution in [2.24, 2.45) is 0 Å². The lowest BCUT2D eigenvalue weighted by molar-refractivity contribution is 0.628. The molecule has 0 atom stereocenters. The van der Waals surface area contributed by atoms with E-state index in [9.17, 15) is 4.39 Å². The van der Waals surface area contributed by atoms with Gasteiger partial charge in [-0.1, -0.05) is 31.4 Å². The molecule has 1 heterocycles. The van der Waals surface area contributed by atoms with E-state index in [0.717, 1.165) is 18.7 Å². The lowest BCUT2D eigenvalue weighted by atomic mass is 10.2. The average Bonchev–Trinajstić information content (AvgIpc) is 2.47. The zero-order chi connectivity index (χ0) is 15.9. The van der Waals surface area contributed by atoms with Crippen LogP contribution in [0.4, 0.5) is 21.8 Å². The van der Waals surface area contributed by atoms with Crippen LogP contribution < -0.4 is 10.6 Å². The van der Waals surface area contributed by atoms with Crippen molar-refractivity contribution in [2.75, 3.05) is 17.2 Å². The third kappa shape index (κ3) is 4.84. The molecule has 2 rings (SSSR count). The molecule has 118 valence electrons. The van der Waals surface area contributed by atoms with Gasteiger partial charge in [0, 0.05) is 24.0 Å². The predicted octanol–water partition coefficient (Wildman–Crippen LogP) is 4.92. The Hall–Kier alpha value is -1.88. The van der Waals surface area contributed by atoms with E-state index in [1.54, 1.807) is 6.07 Å². The van der Waals surface area contributed by atoms with Crippen LogP contribution in [0.15, 0.2) is 24.3 Å². The number of hydrogen-bond donors (Lipinski definition) is 2. The summed E-state index contributed by atoms with van der Waals surface area (Å²) in [4.78, 5) is 8.76. The van der Waals surface area contributed by atoms with Crippen LogP contribution in [-0.4, -0.2) is 16.5 Å². The monoisotopic (exact) mass is 322 g/mol. The molecule has 0 aliphatic rings. The van der Waals surface area contributed by atoms with E-state index >= 15 is 0 Å². The highest BCUT2D eigenvalue weighted by atomic mass is 35.5. The van der Waals surface area contributed by atoms with Crippen molar-refractivity contribution in [3.05, 3.63) is 40.8 Å². The first-order valence-corrected chi connectivity index (χ1v) is 7.78. The Morgan fingerprint density at radius 2 is 2.00 bits per heavy atom. The fourth-order valence-electron chi connectivity index (χ4n) is 2.01. The van der Waals surface area contributed by atoms with E-state index in [1.165, 1.54) is 25.0 Å². The molecule has 0 spiro atoms. The van der Waals surface area contributed by atoms with Crippen molar-refractivity contribution in [3.63, 3.8) is 0 Å². The molecular weight excluding hydrogens is 303 g/mol. The first-order valence-electron chi connectivity index (χ1n) is 7.40. The Balaban J connectivity index is 2.06. The van der Waals surface area contributed by atoms with E-state index in [2.05, 4.69) is 27.5 Å². The Labute approximate surface area is 135 Å². The van der Waals surface area contributed by atoms with Crippen molar-refractivity contribution >= 4 is 29.1 Å². The van der Waals surface area contributed by atoms with Crippen molar-refractivity contribution in [3.8, 4) is 0 Å². The van der Waals surface area contributed by atoms with Gasteiger partial charge < -0.3 is 10.6 Å². The third-order valence-corrected chi connectivity index (χ3v) is 3.40. The van der Waals surface area contributed by atoms with Crippen LogP contribution in [0.2, 0.25) is 5.02 Å². The summed E-state index contributed by atoms with van der Waals surface area (Å²) in [5.74, 6) is 0.796. The summed E-state index contributed by atoms with van der Waals surface area (Å²) in [6, 6.07) is 6.30. The van der Waals surface area contributed by atoms with Crippen LogP contribution in [0.3, 0.4) is 0 Å². The topological polar surface area (TPSA) is 49.8 Å². The predicted molar refractivity (Wildman–Crippen MR) is 89.5 cm³/mol. The highest BCUT2D eigenvalue weighted by Crippen LogP contribution is 2.22. The number of nitrogens with zero attached hydrogens (tertiary/aromatic N) is 2. The number of halogens is 2. The van der Waals surface area contributed by atoms with Crippen LogP contribution in [0.25, 0.3) is 0 Å². The van der Waals surface area contributed by atoms with Gasteiger partial charge in [0.2, 0.25) is 5.95 Å². The molecule has 2 N–H and O–H groups in total. The normalized spacial score (nSPS) is 10.5. The molecule has 0 saturated heterocycles. The number of aromatic nitrogens is 2. The molecule has 0 bridgehead atoms. The third-order valence-electron chi connectivity index (χ3n) is 3.11. The second kappa shape index (κ2) is 7.94. The average molecular weight is 323 g/mol. The molecule has 0 radical (unpaired) electrons. The molecule has 4 nitrogen and oxygen atoms in total. The Kier molecular flexibility index (Phi) is 5.95. The van der Waals surface area contributed by atoms with Crippen LogP contribution >= 0.6 is 11.6 Å². The smallest absolute Gasteiger partial charge is 0.224 e. The van der Waals surface area contributed by atoms with Gasteiger partial charge in [-0.2, -0.15) is 4.98 Å². The molecule has 6 heteroatoms. The maximum Gasteiger partial charge on any atom is 0.224 e. The quantitative estimate of drug-likeness (QED) is 0.710. The van der Waals surface area contributed by atoms with Gasteiger partial charge in [0.1, 0.15) is 11.6 Å². The minimum Gasteiger partial charge on any atom is -0.354 e. The number of hydrogen-bond acceptors (Lipinski definition) is 4. The number of benzene rings is 1. The van der Waals surface area contributed by atoms with E-state index in [0.29, 0.717) is 17.5 Å². The summed E-state index contributed by atoms with van der Waals surface area (Å²) < 4.78 is 13.2. The van der Waals surface area contributed by atoms with Gasteiger partial charge in [-0.25, -0.2) is 9.37 Å². The van der Waals surface area contributed by atoms with Gasteiger partial charge in [-0.15, -0.1) is 0 Å². The summed E-state index contributed by atoms with van der Waals surface area (Å²) >= 11 is 5.78. The van der Waals surface area contributed by atoms with Crippen LogP contribution in [-0.2, 0) is 0 Å². The lowest BCUT2D eigenvalue weighted by Crippen LogP contribution is -2.07. The largest absolute Gasteiger partial charge is 0.354 e. The lowest BCUT2D eigenvalue weighted by Gasteiger charge is -2.10. The first-order chi connectivity index (χ1) is 10.6. The molecule has 0 aliphatic heterocycles. The van der Waals surface area contributed by atoms with Crippen LogP contribution in [0, 0.1) is 12.7 Å². The number of rotatable bonds is 7. The van der Waals surface area contributed by atoms with Crippen molar-refractivity contribution in [1.29, 1.82) is 0 Å². The zero-order valence-corrected chi connectivity index (χ0v) is 13.5. The summed E-state index contributed by atoms with van der Waals surface area (Å²) in [6.45, 7) is 4.92. The summed E-state index contributed by atoms with van der Waals surface area (Å²) in [5.41, 5.74) is 1.53. The van der Waals surface area contributed by atoms with Gasteiger partial charge in [-0.3, -0.25) is 0 Å². The van der Waals surface area contributed by atoms with Crippen LogP contribution in [0.5, 0.6) is 0 Å². The van der Waals surface area contributed by atoms with Crippen molar-refractivity contribution in [1.82, 2.24) is 9.97 Å². The molecule has 0 fully saturated rings. The van der Waals surface area contributed by atoms with E-state index in [4.69, 9.17) is 11.6 Å². The van der Waals surface area contributed by atoms with Gasteiger partial charge in [-0.05, 0) is 31.5 Å². The number of aryl methyl sites for hydroxylation is 1. The minimum atomic E-state index is -0.440. The van der Waals surface area contributed by atoms with Gasteiger partial charge in [0.15, 0.2) is 0 Å². The highest BCUT2D eigenvalue weighted by molar-refractivity contribution is 6.31. The Bertz CT molecular complexity index is 634. The molecule has 0 amide bonds. The molecule has 0 aliphatic carbocycles. The first kappa shape index (κ1) is 16.5. The van der Waals surface area contributed by atoms with Gasteiger partial charge in [0.05, 0.1) is 5.02 Å². The second-order valence-electron chi connectivity index (χ2n) is 5.11. The fraction of sp³-hybridized carbons (Fsp3) is 0.375. The van der Waals surface area contributed by atoms with E-state index < -0.39 is 5.82 Å². The Morgan fingerprint density at radius 1 is 1.18 bits per heavy atom. The number of nitrogens with one attached hydrogen (secondary N) is 2. The molecule has 0 saturated carbocycles. The maximum absolute atomic E-state index is 13.2. The van der Waals surface area contributed by atoms with Gasteiger partial charge >= 0.3 is 0 Å². The minimum absolute atomic E-state index is 0.0775.